The summed E-state index contributed by atoms with van der Waals surface area (Å²) in [6.07, 6.45) is 5.43. The van der Waals surface area contributed by atoms with Gasteiger partial charge in [-0.3, -0.25) is 14.3 Å². The van der Waals surface area contributed by atoms with Crippen molar-refractivity contribution >= 4 is 23.1 Å². The number of pyridine rings is 1. The van der Waals surface area contributed by atoms with Crippen LogP contribution in [0.25, 0.3) is 28.7 Å². The zero-order valence-corrected chi connectivity index (χ0v) is 14.3. The molecule has 4 rings (SSSR count). The summed E-state index contributed by atoms with van der Waals surface area (Å²) in [5.41, 5.74) is 3.34. The van der Waals surface area contributed by atoms with Gasteiger partial charge in [-0.2, -0.15) is 0 Å². The molecule has 0 saturated heterocycles. The Morgan fingerprint density at radius 3 is 2.42 bits per heavy atom. The number of hydrogen-bond acceptors (Lipinski definition) is 3. The molecule has 0 bridgehead atoms. The van der Waals surface area contributed by atoms with E-state index in [-0.39, 0.29) is 5.56 Å². The van der Waals surface area contributed by atoms with Crippen molar-refractivity contribution in [2.45, 2.75) is 6.92 Å². The fraction of sp³-hybridized carbons (Fsp3) is 0.0455. The van der Waals surface area contributed by atoms with Crippen LogP contribution in [-0.4, -0.2) is 14.5 Å². The summed E-state index contributed by atoms with van der Waals surface area (Å²) in [6, 6.07) is 21.0. The highest BCUT2D eigenvalue weighted by Gasteiger charge is 2.10. The van der Waals surface area contributed by atoms with Gasteiger partial charge in [-0.15, -0.1) is 0 Å². The highest BCUT2D eigenvalue weighted by Crippen LogP contribution is 2.15. The number of aryl methyl sites for hydroxylation is 1. The van der Waals surface area contributed by atoms with Gasteiger partial charge in [0, 0.05) is 6.20 Å². The first-order valence-corrected chi connectivity index (χ1v) is 8.40. The zero-order valence-electron chi connectivity index (χ0n) is 14.3. The maximum absolute atomic E-state index is 13.1. The standard InChI is InChI=1S/C22H17N3O/c1-16-9-12-18(13-10-16)25-21(14-11-17-6-4-5-15-23-17)24-20-8-3-2-7-19(20)22(25)26/h2-15H,1H3. The van der Waals surface area contributed by atoms with Crippen molar-refractivity contribution in [1.82, 2.24) is 14.5 Å². The van der Waals surface area contributed by atoms with Crippen LogP contribution in [-0.2, 0) is 0 Å². The normalized spacial score (nSPS) is 11.3. The Morgan fingerprint density at radius 1 is 0.885 bits per heavy atom. The smallest absolute Gasteiger partial charge is 0.266 e. The van der Waals surface area contributed by atoms with E-state index in [1.54, 1.807) is 10.8 Å². The molecule has 4 heteroatoms. The third-order valence-corrected chi connectivity index (χ3v) is 4.18. The van der Waals surface area contributed by atoms with Crippen molar-refractivity contribution < 1.29 is 0 Å². The van der Waals surface area contributed by atoms with Gasteiger partial charge >= 0.3 is 0 Å². The van der Waals surface area contributed by atoms with Gasteiger partial charge in [0.15, 0.2) is 0 Å². The van der Waals surface area contributed by atoms with Crippen LogP contribution in [0.1, 0.15) is 17.1 Å². The van der Waals surface area contributed by atoms with Crippen molar-refractivity contribution in [1.29, 1.82) is 0 Å². The summed E-state index contributed by atoms with van der Waals surface area (Å²) < 4.78 is 1.64. The lowest BCUT2D eigenvalue weighted by atomic mass is 10.2. The number of hydrogen-bond donors (Lipinski definition) is 0. The first-order chi connectivity index (χ1) is 12.7. The minimum absolute atomic E-state index is 0.0832. The molecule has 0 radical (unpaired) electrons. The topological polar surface area (TPSA) is 47.8 Å². The molecule has 4 nitrogen and oxygen atoms in total. The predicted octanol–water partition coefficient (Wildman–Crippen LogP) is 4.26. The third-order valence-electron chi connectivity index (χ3n) is 4.18. The maximum atomic E-state index is 13.1. The molecule has 0 atom stereocenters. The zero-order chi connectivity index (χ0) is 17.9. The van der Waals surface area contributed by atoms with Gasteiger partial charge in [-0.1, -0.05) is 35.9 Å². The van der Waals surface area contributed by atoms with Crippen molar-refractivity contribution in [3.8, 4) is 5.69 Å². The van der Waals surface area contributed by atoms with Crippen molar-refractivity contribution in [2.75, 3.05) is 0 Å². The molecule has 126 valence electrons. The minimum Gasteiger partial charge on any atom is -0.268 e. The van der Waals surface area contributed by atoms with Crippen LogP contribution in [0.3, 0.4) is 0 Å². The quantitative estimate of drug-likeness (QED) is 0.560. The molecule has 0 aliphatic heterocycles. The van der Waals surface area contributed by atoms with Crippen LogP contribution in [0.4, 0.5) is 0 Å². The second-order valence-electron chi connectivity index (χ2n) is 6.05. The first-order valence-electron chi connectivity index (χ1n) is 8.40. The molecule has 2 aromatic heterocycles. The van der Waals surface area contributed by atoms with E-state index in [4.69, 9.17) is 4.98 Å². The number of rotatable bonds is 3. The Bertz CT molecular complexity index is 1140. The van der Waals surface area contributed by atoms with Crippen molar-refractivity contribution in [2.24, 2.45) is 0 Å². The van der Waals surface area contributed by atoms with E-state index >= 15 is 0 Å². The molecule has 0 aliphatic rings. The van der Waals surface area contributed by atoms with Gasteiger partial charge in [-0.05, 0) is 55.5 Å². The number of para-hydroxylation sites is 1. The summed E-state index contributed by atoms with van der Waals surface area (Å²) in [7, 11) is 0. The van der Waals surface area contributed by atoms with E-state index in [9.17, 15) is 4.79 Å². The van der Waals surface area contributed by atoms with Crippen LogP contribution in [0.5, 0.6) is 0 Å². The molecular weight excluding hydrogens is 322 g/mol. The lowest BCUT2D eigenvalue weighted by Crippen LogP contribution is -2.22. The number of aromatic nitrogens is 3. The highest BCUT2D eigenvalue weighted by atomic mass is 16.1. The van der Waals surface area contributed by atoms with Crippen molar-refractivity contribution in [3.63, 3.8) is 0 Å². The Labute approximate surface area is 151 Å². The first kappa shape index (κ1) is 16.0. The van der Waals surface area contributed by atoms with Gasteiger partial charge in [0.05, 0.1) is 22.3 Å². The second kappa shape index (κ2) is 6.76. The Kier molecular flexibility index (Phi) is 4.15. The number of nitrogens with zero attached hydrogens (tertiary/aromatic N) is 3. The van der Waals surface area contributed by atoms with Gasteiger partial charge in [0.25, 0.3) is 5.56 Å². The molecule has 2 heterocycles. The fourth-order valence-electron chi connectivity index (χ4n) is 2.84. The van der Waals surface area contributed by atoms with E-state index in [1.807, 2.05) is 85.8 Å². The van der Waals surface area contributed by atoms with Crippen molar-refractivity contribution in [3.05, 3.63) is 100 Å². The van der Waals surface area contributed by atoms with Gasteiger partial charge in [0.1, 0.15) is 5.82 Å². The molecule has 2 aromatic carbocycles. The van der Waals surface area contributed by atoms with Crippen LogP contribution in [0.15, 0.2) is 77.7 Å². The van der Waals surface area contributed by atoms with E-state index in [0.717, 1.165) is 16.9 Å². The number of fused-ring (bicyclic) bond motifs is 1. The Morgan fingerprint density at radius 2 is 1.65 bits per heavy atom. The van der Waals surface area contributed by atoms with Crippen LogP contribution < -0.4 is 5.56 Å². The second-order valence-corrected chi connectivity index (χ2v) is 6.05. The van der Waals surface area contributed by atoms with Gasteiger partial charge in [-0.25, -0.2) is 4.98 Å². The van der Waals surface area contributed by atoms with E-state index in [1.165, 1.54) is 0 Å². The van der Waals surface area contributed by atoms with E-state index < -0.39 is 0 Å². The summed E-state index contributed by atoms with van der Waals surface area (Å²) in [5.74, 6) is 0.572. The number of benzene rings is 2. The van der Waals surface area contributed by atoms with E-state index in [0.29, 0.717) is 16.7 Å². The largest absolute Gasteiger partial charge is 0.268 e. The molecular formula is C22H17N3O. The molecule has 0 fully saturated rings. The highest BCUT2D eigenvalue weighted by molar-refractivity contribution is 5.79. The monoisotopic (exact) mass is 339 g/mol. The lowest BCUT2D eigenvalue weighted by molar-refractivity contribution is 0.943. The molecule has 0 unspecified atom stereocenters. The summed E-state index contributed by atoms with van der Waals surface area (Å²) in [5, 5.41) is 0.600. The minimum atomic E-state index is -0.0832. The van der Waals surface area contributed by atoms with Crippen LogP contribution >= 0.6 is 0 Å². The summed E-state index contributed by atoms with van der Waals surface area (Å²) >= 11 is 0. The molecule has 0 spiro atoms. The maximum Gasteiger partial charge on any atom is 0.266 e. The SMILES string of the molecule is Cc1ccc(-n2c(C=Cc3ccccn3)nc3ccccc3c2=O)cc1. The molecule has 0 saturated carbocycles. The van der Waals surface area contributed by atoms with Gasteiger partial charge in [0.2, 0.25) is 0 Å². The summed E-state index contributed by atoms with van der Waals surface area (Å²) in [4.78, 5) is 22.1. The predicted molar refractivity (Wildman–Crippen MR) is 105 cm³/mol. The molecule has 0 aliphatic carbocycles. The average molecular weight is 339 g/mol. The lowest BCUT2D eigenvalue weighted by Gasteiger charge is -2.11. The Hall–Kier alpha value is -3.53. The third kappa shape index (κ3) is 3.05. The fourth-order valence-corrected chi connectivity index (χ4v) is 2.84. The van der Waals surface area contributed by atoms with Gasteiger partial charge < -0.3 is 0 Å². The van der Waals surface area contributed by atoms with Crippen LogP contribution in [0.2, 0.25) is 0 Å². The van der Waals surface area contributed by atoms with E-state index in [2.05, 4.69) is 4.98 Å². The molecule has 0 amide bonds. The van der Waals surface area contributed by atoms with Crippen LogP contribution in [0, 0.1) is 6.92 Å². The summed E-state index contributed by atoms with van der Waals surface area (Å²) in [6.45, 7) is 2.02. The molecule has 26 heavy (non-hydrogen) atoms. The Balaban J connectivity index is 1.95. The molecule has 0 N–H and O–H groups in total. The average Bonchev–Trinajstić information content (AvgIpc) is 2.68. The molecule has 4 aromatic rings.